The third-order valence-corrected chi connectivity index (χ3v) is 4.85. The topological polar surface area (TPSA) is 48.5 Å². The third-order valence-electron chi connectivity index (χ3n) is 4.16. The monoisotopic (exact) mass is 294 g/mol. The minimum absolute atomic E-state index is 0.00579. The summed E-state index contributed by atoms with van der Waals surface area (Å²) in [5.74, 6) is 0. The van der Waals surface area contributed by atoms with Gasteiger partial charge >= 0.3 is 6.03 Å². The Bertz CT molecular complexity index is 424. The molecule has 6 heteroatoms. The predicted molar refractivity (Wildman–Crippen MR) is 80.7 cm³/mol. The summed E-state index contributed by atoms with van der Waals surface area (Å²) < 4.78 is 0. The number of hydrazine groups is 1. The Hall–Kier alpha value is -1.14. The van der Waals surface area contributed by atoms with Gasteiger partial charge in [0.1, 0.15) is 0 Å². The molecule has 0 aromatic carbocycles. The van der Waals surface area contributed by atoms with E-state index in [1.54, 1.807) is 6.20 Å². The van der Waals surface area contributed by atoms with Crippen molar-refractivity contribution >= 4 is 22.5 Å². The first-order chi connectivity index (χ1) is 9.84. The SMILES string of the molecule is O=C(Nc1nccs1)N(C1CCCCC1)N1CCCC1. The first kappa shape index (κ1) is 13.8. The lowest BCUT2D eigenvalue weighted by atomic mass is 9.95. The molecule has 2 heterocycles. The molecule has 3 rings (SSSR count). The molecule has 0 bridgehead atoms. The van der Waals surface area contributed by atoms with Gasteiger partial charge in [-0.3, -0.25) is 10.3 Å². The number of hydrogen-bond donors (Lipinski definition) is 1. The van der Waals surface area contributed by atoms with Gasteiger partial charge in [0, 0.05) is 24.7 Å². The highest BCUT2D eigenvalue weighted by Gasteiger charge is 2.32. The van der Waals surface area contributed by atoms with E-state index in [0.29, 0.717) is 11.2 Å². The van der Waals surface area contributed by atoms with E-state index in [4.69, 9.17) is 0 Å². The van der Waals surface area contributed by atoms with Gasteiger partial charge in [0.05, 0.1) is 6.04 Å². The van der Waals surface area contributed by atoms with Crippen molar-refractivity contribution in [1.82, 2.24) is 15.0 Å². The van der Waals surface area contributed by atoms with Crippen LogP contribution in [0.4, 0.5) is 9.93 Å². The molecule has 5 nitrogen and oxygen atoms in total. The number of nitrogens with one attached hydrogen (secondary N) is 1. The van der Waals surface area contributed by atoms with Crippen LogP contribution in [0.2, 0.25) is 0 Å². The molecule has 2 amide bonds. The highest BCUT2D eigenvalue weighted by molar-refractivity contribution is 7.13. The van der Waals surface area contributed by atoms with Gasteiger partial charge in [-0.15, -0.1) is 11.3 Å². The van der Waals surface area contributed by atoms with Crippen LogP contribution in [-0.4, -0.2) is 40.2 Å². The molecule has 0 atom stereocenters. The second kappa shape index (κ2) is 6.54. The summed E-state index contributed by atoms with van der Waals surface area (Å²) in [6, 6.07) is 0.357. The molecule has 1 aromatic heterocycles. The molecular weight excluding hydrogens is 272 g/mol. The van der Waals surface area contributed by atoms with Gasteiger partial charge in [-0.25, -0.2) is 14.8 Å². The van der Waals surface area contributed by atoms with Gasteiger partial charge in [-0.05, 0) is 25.7 Å². The van der Waals surface area contributed by atoms with Gasteiger partial charge in [0.2, 0.25) is 0 Å². The number of aromatic nitrogens is 1. The number of rotatable bonds is 3. The van der Waals surface area contributed by atoms with Crippen molar-refractivity contribution in [2.24, 2.45) is 0 Å². The molecule has 0 radical (unpaired) electrons. The predicted octanol–water partition coefficient (Wildman–Crippen LogP) is 3.32. The number of carbonyl (C=O) groups excluding carboxylic acids is 1. The highest BCUT2D eigenvalue weighted by atomic mass is 32.1. The van der Waals surface area contributed by atoms with Crippen LogP contribution < -0.4 is 5.32 Å². The average Bonchev–Trinajstić information content (AvgIpc) is 3.14. The van der Waals surface area contributed by atoms with Crippen LogP contribution in [0.15, 0.2) is 11.6 Å². The Morgan fingerprint density at radius 1 is 1.25 bits per heavy atom. The number of thiazole rings is 1. The Balaban J connectivity index is 1.71. The zero-order valence-corrected chi connectivity index (χ0v) is 12.6. The van der Waals surface area contributed by atoms with Crippen molar-refractivity contribution in [3.8, 4) is 0 Å². The number of anilines is 1. The quantitative estimate of drug-likeness (QED) is 0.930. The second-order valence-electron chi connectivity index (χ2n) is 5.56. The molecule has 1 N–H and O–H groups in total. The fourth-order valence-electron chi connectivity index (χ4n) is 3.20. The molecule has 1 saturated carbocycles. The number of nitrogens with zero attached hydrogens (tertiary/aromatic N) is 3. The summed E-state index contributed by atoms with van der Waals surface area (Å²) in [6.07, 6.45) is 10.1. The Kier molecular flexibility index (Phi) is 4.52. The molecule has 0 unspecified atom stereocenters. The van der Waals surface area contributed by atoms with Crippen molar-refractivity contribution in [3.63, 3.8) is 0 Å². The number of amides is 2. The number of urea groups is 1. The number of hydrogen-bond acceptors (Lipinski definition) is 4. The molecule has 2 aliphatic rings. The zero-order chi connectivity index (χ0) is 13.8. The Labute approximate surface area is 123 Å². The van der Waals surface area contributed by atoms with Crippen LogP contribution in [-0.2, 0) is 0 Å². The van der Waals surface area contributed by atoms with E-state index >= 15 is 0 Å². The lowest BCUT2D eigenvalue weighted by molar-refractivity contribution is -0.00611. The first-order valence-electron chi connectivity index (χ1n) is 7.59. The van der Waals surface area contributed by atoms with E-state index in [-0.39, 0.29) is 6.03 Å². The van der Waals surface area contributed by atoms with Crippen molar-refractivity contribution in [2.45, 2.75) is 51.0 Å². The van der Waals surface area contributed by atoms with E-state index in [9.17, 15) is 4.79 Å². The van der Waals surface area contributed by atoms with Crippen LogP contribution in [0, 0.1) is 0 Å². The Morgan fingerprint density at radius 2 is 2.00 bits per heavy atom. The maximum absolute atomic E-state index is 12.6. The minimum Gasteiger partial charge on any atom is -0.282 e. The highest BCUT2D eigenvalue weighted by Crippen LogP contribution is 2.26. The molecule has 20 heavy (non-hydrogen) atoms. The van der Waals surface area contributed by atoms with Crippen molar-refractivity contribution < 1.29 is 4.79 Å². The van der Waals surface area contributed by atoms with Crippen molar-refractivity contribution in [2.75, 3.05) is 18.4 Å². The summed E-state index contributed by atoms with van der Waals surface area (Å²) in [6.45, 7) is 2.00. The van der Waals surface area contributed by atoms with Gasteiger partial charge < -0.3 is 0 Å². The van der Waals surface area contributed by atoms with Gasteiger partial charge in [0.15, 0.2) is 5.13 Å². The maximum Gasteiger partial charge on any atom is 0.338 e. The smallest absolute Gasteiger partial charge is 0.282 e. The van der Waals surface area contributed by atoms with E-state index in [0.717, 1.165) is 25.9 Å². The lowest BCUT2D eigenvalue weighted by Gasteiger charge is -2.39. The average molecular weight is 294 g/mol. The molecule has 1 saturated heterocycles. The molecule has 0 spiro atoms. The number of carbonyl (C=O) groups is 1. The molecule has 110 valence electrons. The molecule has 1 aromatic rings. The maximum atomic E-state index is 12.6. The Morgan fingerprint density at radius 3 is 2.65 bits per heavy atom. The zero-order valence-electron chi connectivity index (χ0n) is 11.8. The van der Waals surface area contributed by atoms with Crippen LogP contribution in [0.25, 0.3) is 0 Å². The standard InChI is InChI=1S/C14H22N4OS/c19-14(16-13-15-8-11-20-13)18(17-9-4-5-10-17)12-6-2-1-3-7-12/h8,11-12H,1-7,9-10H2,(H,15,16,19). The van der Waals surface area contributed by atoms with E-state index in [1.807, 2.05) is 10.4 Å². The third kappa shape index (κ3) is 3.12. The summed E-state index contributed by atoms with van der Waals surface area (Å²) in [4.78, 5) is 16.8. The van der Waals surface area contributed by atoms with Crippen molar-refractivity contribution in [3.05, 3.63) is 11.6 Å². The van der Waals surface area contributed by atoms with E-state index in [1.165, 1.54) is 43.4 Å². The molecular formula is C14H22N4OS. The summed E-state index contributed by atoms with van der Waals surface area (Å²) in [5.41, 5.74) is 0. The van der Waals surface area contributed by atoms with Gasteiger partial charge in [-0.1, -0.05) is 19.3 Å². The van der Waals surface area contributed by atoms with Crippen molar-refractivity contribution in [1.29, 1.82) is 0 Å². The van der Waals surface area contributed by atoms with Crippen LogP contribution in [0.3, 0.4) is 0 Å². The molecule has 1 aliphatic heterocycles. The van der Waals surface area contributed by atoms with Gasteiger partial charge in [0.25, 0.3) is 0 Å². The minimum atomic E-state index is -0.00579. The van der Waals surface area contributed by atoms with E-state index < -0.39 is 0 Å². The molecule has 1 aliphatic carbocycles. The largest absolute Gasteiger partial charge is 0.338 e. The molecule has 2 fully saturated rings. The van der Waals surface area contributed by atoms with E-state index in [2.05, 4.69) is 15.3 Å². The second-order valence-corrected chi connectivity index (χ2v) is 6.46. The van der Waals surface area contributed by atoms with Crippen LogP contribution in [0.1, 0.15) is 44.9 Å². The first-order valence-corrected chi connectivity index (χ1v) is 8.47. The van der Waals surface area contributed by atoms with Crippen LogP contribution in [0.5, 0.6) is 0 Å². The fraction of sp³-hybridized carbons (Fsp3) is 0.714. The van der Waals surface area contributed by atoms with Crippen LogP contribution >= 0.6 is 11.3 Å². The fourth-order valence-corrected chi connectivity index (χ4v) is 3.72. The summed E-state index contributed by atoms with van der Waals surface area (Å²) in [5, 5.41) is 9.75. The summed E-state index contributed by atoms with van der Waals surface area (Å²) in [7, 11) is 0. The van der Waals surface area contributed by atoms with Gasteiger partial charge in [-0.2, -0.15) is 0 Å². The normalized spacial score (nSPS) is 21.0. The lowest BCUT2D eigenvalue weighted by Crippen LogP contribution is -2.53. The summed E-state index contributed by atoms with van der Waals surface area (Å²) >= 11 is 1.47.